The van der Waals surface area contributed by atoms with Crippen molar-refractivity contribution in [3.05, 3.63) is 52.2 Å². The summed E-state index contributed by atoms with van der Waals surface area (Å²) in [5.41, 5.74) is 2.82. The van der Waals surface area contributed by atoms with Gasteiger partial charge in [-0.1, -0.05) is 25.4 Å². The average Bonchev–Trinajstić information content (AvgIpc) is 2.60. The van der Waals surface area contributed by atoms with Gasteiger partial charge in [-0.25, -0.2) is 4.98 Å². The van der Waals surface area contributed by atoms with Crippen LogP contribution in [0.3, 0.4) is 0 Å². The zero-order valence-electron chi connectivity index (χ0n) is 14.9. The highest BCUT2D eigenvalue weighted by atomic mass is 35.5. The van der Waals surface area contributed by atoms with Gasteiger partial charge in [-0.05, 0) is 47.7 Å². The molecule has 1 amide bonds. The summed E-state index contributed by atoms with van der Waals surface area (Å²) in [7, 11) is 1.55. The fraction of sp³-hybridized carbons (Fsp3) is 0.368. The number of nitrogens with zero attached hydrogens (tertiary/aromatic N) is 1. The summed E-state index contributed by atoms with van der Waals surface area (Å²) >= 11 is 6.18. The first-order valence-electron chi connectivity index (χ1n) is 8.09. The number of benzene rings is 1. The number of nitrogens with one attached hydrogen (secondary N) is 1. The van der Waals surface area contributed by atoms with Crippen LogP contribution in [-0.4, -0.2) is 24.6 Å². The van der Waals surface area contributed by atoms with Gasteiger partial charge in [-0.3, -0.25) is 4.79 Å². The lowest BCUT2D eigenvalue weighted by molar-refractivity contribution is -0.123. The van der Waals surface area contributed by atoms with Crippen molar-refractivity contribution in [2.45, 2.75) is 33.2 Å². The molecule has 2 aromatic rings. The summed E-state index contributed by atoms with van der Waals surface area (Å²) in [5, 5.41) is 3.52. The van der Waals surface area contributed by atoms with Crippen LogP contribution in [0.25, 0.3) is 0 Å². The summed E-state index contributed by atoms with van der Waals surface area (Å²) in [4.78, 5) is 16.1. The fourth-order valence-electron chi connectivity index (χ4n) is 2.31. The first kappa shape index (κ1) is 19.1. The van der Waals surface area contributed by atoms with E-state index in [0.717, 1.165) is 16.7 Å². The molecule has 0 spiro atoms. The third kappa shape index (κ3) is 5.36. The van der Waals surface area contributed by atoms with E-state index in [-0.39, 0.29) is 18.4 Å². The van der Waals surface area contributed by atoms with Crippen molar-refractivity contribution in [2.24, 2.45) is 0 Å². The van der Waals surface area contributed by atoms with Crippen molar-refractivity contribution in [3.63, 3.8) is 0 Å². The minimum Gasteiger partial charge on any atom is -0.483 e. The molecule has 0 fully saturated rings. The van der Waals surface area contributed by atoms with E-state index in [0.29, 0.717) is 23.2 Å². The lowest BCUT2D eigenvalue weighted by atomic mass is 10.0. The van der Waals surface area contributed by atoms with E-state index in [1.165, 1.54) is 0 Å². The minimum absolute atomic E-state index is 0.0526. The van der Waals surface area contributed by atoms with Crippen molar-refractivity contribution in [3.8, 4) is 11.6 Å². The van der Waals surface area contributed by atoms with E-state index in [1.54, 1.807) is 19.4 Å². The van der Waals surface area contributed by atoms with E-state index in [1.807, 2.05) is 25.1 Å². The smallest absolute Gasteiger partial charge is 0.258 e. The second kappa shape index (κ2) is 8.72. The zero-order valence-corrected chi connectivity index (χ0v) is 15.7. The first-order chi connectivity index (χ1) is 11.9. The number of pyridine rings is 1. The fourth-order valence-corrected chi connectivity index (χ4v) is 2.49. The van der Waals surface area contributed by atoms with Crippen LogP contribution in [0, 0.1) is 6.92 Å². The monoisotopic (exact) mass is 362 g/mol. The molecule has 0 aliphatic carbocycles. The Labute approximate surface area is 153 Å². The molecule has 6 heteroatoms. The Kier molecular flexibility index (Phi) is 6.65. The number of halogens is 1. The number of carbonyl (C=O) groups excluding carboxylic acids is 1. The van der Waals surface area contributed by atoms with Crippen LogP contribution in [0.4, 0.5) is 0 Å². The molecule has 0 aliphatic rings. The molecule has 1 N–H and O–H groups in total. The largest absolute Gasteiger partial charge is 0.483 e. The van der Waals surface area contributed by atoms with Gasteiger partial charge in [0.15, 0.2) is 6.61 Å². The number of hydrogen-bond acceptors (Lipinski definition) is 4. The third-order valence-electron chi connectivity index (χ3n) is 3.77. The molecule has 5 nitrogen and oxygen atoms in total. The molecule has 134 valence electrons. The molecule has 0 saturated carbocycles. The topological polar surface area (TPSA) is 60.5 Å². The molecule has 1 aromatic carbocycles. The molecule has 2 rings (SSSR count). The van der Waals surface area contributed by atoms with Gasteiger partial charge in [0.1, 0.15) is 5.75 Å². The molecule has 0 unspecified atom stereocenters. The van der Waals surface area contributed by atoms with Crippen LogP contribution in [0.1, 0.15) is 36.5 Å². The molecular weight excluding hydrogens is 340 g/mol. The summed E-state index contributed by atoms with van der Waals surface area (Å²) in [5.74, 6) is 1.26. The summed E-state index contributed by atoms with van der Waals surface area (Å²) in [6, 6.07) is 7.38. The zero-order chi connectivity index (χ0) is 18.4. The number of hydrogen-bond donors (Lipinski definition) is 1. The molecule has 1 heterocycles. The highest BCUT2D eigenvalue weighted by Gasteiger charge is 2.12. The number of ether oxygens (including phenoxy) is 2. The van der Waals surface area contributed by atoms with Crippen molar-refractivity contribution >= 4 is 17.5 Å². The summed E-state index contributed by atoms with van der Waals surface area (Å²) in [6.45, 7) is 6.37. The maximum atomic E-state index is 12.1. The Morgan fingerprint density at radius 3 is 2.76 bits per heavy atom. The molecule has 0 bridgehead atoms. The van der Waals surface area contributed by atoms with E-state index in [4.69, 9.17) is 21.1 Å². The average molecular weight is 363 g/mol. The number of carbonyl (C=O) groups is 1. The SMILES string of the molecule is COc1cc(CNC(=O)COc2cc(C)c(Cl)cc2C(C)C)ccn1. The Balaban J connectivity index is 1.94. The summed E-state index contributed by atoms with van der Waals surface area (Å²) in [6.07, 6.45) is 1.64. The molecule has 0 atom stereocenters. The van der Waals surface area contributed by atoms with Gasteiger partial charge >= 0.3 is 0 Å². The normalized spacial score (nSPS) is 10.6. The second-order valence-corrected chi connectivity index (χ2v) is 6.47. The van der Waals surface area contributed by atoms with Crippen LogP contribution in [0.2, 0.25) is 5.02 Å². The van der Waals surface area contributed by atoms with Crippen molar-refractivity contribution in [1.29, 1.82) is 0 Å². The van der Waals surface area contributed by atoms with Crippen molar-refractivity contribution in [1.82, 2.24) is 10.3 Å². The van der Waals surface area contributed by atoms with Crippen molar-refractivity contribution in [2.75, 3.05) is 13.7 Å². The Morgan fingerprint density at radius 2 is 2.08 bits per heavy atom. The standard InChI is InChI=1S/C19H23ClN2O3/c1-12(2)15-9-16(20)13(3)7-17(15)25-11-18(23)22-10-14-5-6-21-19(8-14)24-4/h5-9,12H,10-11H2,1-4H3,(H,22,23). The molecular formula is C19H23ClN2O3. The van der Waals surface area contributed by atoms with E-state index < -0.39 is 0 Å². The van der Waals surface area contributed by atoms with Gasteiger partial charge in [-0.15, -0.1) is 0 Å². The Hall–Kier alpha value is -2.27. The van der Waals surface area contributed by atoms with Gasteiger partial charge in [0.25, 0.3) is 5.91 Å². The van der Waals surface area contributed by atoms with E-state index in [2.05, 4.69) is 24.1 Å². The molecule has 25 heavy (non-hydrogen) atoms. The van der Waals surface area contributed by atoms with Crippen LogP contribution < -0.4 is 14.8 Å². The molecule has 0 radical (unpaired) electrons. The lowest BCUT2D eigenvalue weighted by Crippen LogP contribution is -2.28. The molecule has 0 aliphatic heterocycles. The second-order valence-electron chi connectivity index (χ2n) is 6.07. The Bertz CT molecular complexity index is 747. The van der Waals surface area contributed by atoms with Crippen molar-refractivity contribution < 1.29 is 14.3 Å². The number of amides is 1. The highest BCUT2D eigenvalue weighted by Crippen LogP contribution is 2.31. The van der Waals surface area contributed by atoms with E-state index >= 15 is 0 Å². The van der Waals surface area contributed by atoms with Gasteiger partial charge < -0.3 is 14.8 Å². The third-order valence-corrected chi connectivity index (χ3v) is 4.18. The number of aromatic nitrogens is 1. The van der Waals surface area contributed by atoms with Crippen LogP contribution in [-0.2, 0) is 11.3 Å². The van der Waals surface area contributed by atoms with Crippen LogP contribution in [0.15, 0.2) is 30.5 Å². The quantitative estimate of drug-likeness (QED) is 0.812. The first-order valence-corrected chi connectivity index (χ1v) is 8.47. The van der Waals surface area contributed by atoms with Gasteiger partial charge in [0.2, 0.25) is 5.88 Å². The maximum absolute atomic E-state index is 12.1. The summed E-state index contributed by atoms with van der Waals surface area (Å²) < 4.78 is 10.8. The molecule has 0 saturated heterocycles. The number of aryl methyl sites for hydroxylation is 1. The number of methoxy groups -OCH3 is 1. The Morgan fingerprint density at radius 1 is 1.32 bits per heavy atom. The number of rotatable bonds is 7. The maximum Gasteiger partial charge on any atom is 0.258 e. The van der Waals surface area contributed by atoms with Gasteiger partial charge in [-0.2, -0.15) is 0 Å². The van der Waals surface area contributed by atoms with Crippen LogP contribution in [0.5, 0.6) is 11.6 Å². The molecule has 1 aromatic heterocycles. The predicted molar refractivity (Wildman–Crippen MR) is 98.4 cm³/mol. The highest BCUT2D eigenvalue weighted by molar-refractivity contribution is 6.31. The van der Waals surface area contributed by atoms with E-state index in [9.17, 15) is 4.79 Å². The lowest BCUT2D eigenvalue weighted by Gasteiger charge is -2.16. The van der Waals surface area contributed by atoms with Gasteiger partial charge in [0, 0.05) is 23.8 Å². The van der Waals surface area contributed by atoms with Gasteiger partial charge in [0.05, 0.1) is 7.11 Å². The minimum atomic E-state index is -0.196. The van der Waals surface area contributed by atoms with Crippen LogP contribution >= 0.6 is 11.6 Å². The predicted octanol–water partition coefficient (Wildman–Crippen LogP) is 3.87.